The Morgan fingerprint density at radius 1 is 0.897 bits per heavy atom. The molecule has 6 nitrogen and oxygen atoms in total. The minimum atomic E-state index is -0.241. The first-order chi connectivity index (χ1) is 14.0. The molecule has 0 aliphatic rings. The molecule has 0 radical (unpaired) electrons. The predicted octanol–water partition coefficient (Wildman–Crippen LogP) is 3.04. The number of phenols is 2. The van der Waals surface area contributed by atoms with Crippen LogP contribution in [0.15, 0.2) is 36.4 Å². The van der Waals surface area contributed by atoms with Gasteiger partial charge in [0.15, 0.2) is 0 Å². The SMILES string of the molecule is CCCc1ccc(O)c(CNCCNCc2cc(CCC(=O)OC)ccc2O)c1. The number of rotatable bonds is 12. The Bertz CT molecular complexity index is 792. The van der Waals surface area contributed by atoms with E-state index in [1.165, 1.54) is 12.7 Å². The van der Waals surface area contributed by atoms with Crippen molar-refractivity contribution in [2.45, 2.75) is 45.7 Å². The van der Waals surface area contributed by atoms with Crippen molar-refractivity contribution in [3.05, 3.63) is 58.7 Å². The van der Waals surface area contributed by atoms with Crippen molar-refractivity contribution in [3.8, 4) is 11.5 Å². The van der Waals surface area contributed by atoms with Gasteiger partial charge in [0.1, 0.15) is 11.5 Å². The summed E-state index contributed by atoms with van der Waals surface area (Å²) in [5, 5.41) is 26.7. The summed E-state index contributed by atoms with van der Waals surface area (Å²) in [4.78, 5) is 11.3. The van der Waals surface area contributed by atoms with Gasteiger partial charge in [0.2, 0.25) is 0 Å². The molecule has 0 saturated heterocycles. The molecule has 0 heterocycles. The fraction of sp³-hybridized carbons (Fsp3) is 0.435. The highest BCUT2D eigenvalue weighted by atomic mass is 16.5. The van der Waals surface area contributed by atoms with Crippen LogP contribution in [0.5, 0.6) is 11.5 Å². The van der Waals surface area contributed by atoms with Crippen molar-refractivity contribution >= 4 is 5.97 Å². The third-order valence-corrected chi connectivity index (χ3v) is 4.78. The molecule has 0 bridgehead atoms. The summed E-state index contributed by atoms with van der Waals surface area (Å²) < 4.78 is 4.66. The molecule has 0 spiro atoms. The maximum absolute atomic E-state index is 11.3. The van der Waals surface area contributed by atoms with Gasteiger partial charge in [-0.2, -0.15) is 0 Å². The molecule has 0 amide bonds. The number of aromatic hydroxyl groups is 2. The number of hydrogen-bond acceptors (Lipinski definition) is 6. The zero-order valence-corrected chi connectivity index (χ0v) is 17.3. The lowest BCUT2D eigenvalue weighted by molar-refractivity contribution is -0.140. The van der Waals surface area contributed by atoms with E-state index in [-0.39, 0.29) is 11.7 Å². The monoisotopic (exact) mass is 400 g/mol. The number of hydrogen-bond donors (Lipinski definition) is 4. The lowest BCUT2D eigenvalue weighted by Gasteiger charge is -2.11. The fourth-order valence-electron chi connectivity index (χ4n) is 3.13. The molecule has 0 saturated carbocycles. The van der Waals surface area contributed by atoms with Gasteiger partial charge in [-0.15, -0.1) is 0 Å². The number of methoxy groups -OCH3 is 1. The van der Waals surface area contributed by atoms with Crippen LogP contribution < -0.4 is 10.6 Å². The first-order valence-corrected chi connectivity index (χ1v) is 10.1. The molecule has 2 aromatic rings. The number of nitrogens with one attached hydrogen (secondary N) is 2. The zero-order chi connectivity index (χ0) is 21.1. The molecule has 0 fully saturated rings. The van der Waals surface area contributed by atoms with Gasteiger partial charge < -0.3 is 25.6 Å². The third kappa shape index (κ3) is 7.75. The molecule has 6 heteroatoms. The van der Waals surface area contributed by atoms with Crippen molar-refractivity contribution in [2.75, 3.05) is 20.2 Å². The largest absolute Gasteiger partial charge is 0.508 e. The number of ether oxygens (including phenoxy) is 1. The van der Waals surface area contributed by atoms with Crippen molar-refractivity contribution in [1.82, 2.24) is 10.6 Å². The Hall–Kier alpha value is -2.57. The standard InChI is InChI=1S/C23H32N2O4/c1-3-4-17-5-8-21(26)19(13-17)15-24-11-12-25-16-20-14-18(6-9-22(20)27)7-10-23(28)29-2/h5-6,8-9,13-14,24-27H,3-4,7,10-12,15-16H2,1-2H3. The Kier molecular flexibility index (Phi) is 9.47. The second-order valence-corrected chi connectivity index (χ2v) is 7.11. The number of phenolic OH excluding ortho intramolecular Hbond substituents is 2. The number of carbonyl (C=O) groups excluding carboxylic acids is 1. The van der Waals surface area contributed by atoms with Crippen LogP contribution in [0.3, 0.4) is 0 Å². The van der Waals surface area contributed by atoms with Gasteiger partial charge in [-0.3, -0.25) is 4.79 Å². The minimum Gasteiger partial charge on any atom is -0.508 e. The van der Waals surface area contributed by atoms with E-state index < -0.39 is 0 Å². The Balaban J connectivity index is 1.74. The smallest absolute Gasteiger partial charge is 0.305 e. The van der Waals surface area contributed by atoms with Gasteiger partial charge in [-0.05, 0) is 36.1 Å². The lowest BCUT2D eigenvalue weighted by Crippen LogP contribution is -2.26. The van der Waals surface area contributed by atoms with E-state index in [1.807, 2.05) is 18.2 Å². The van der Waals surface area contributed by atoms with Gasteiger partial charge in [0, 0.05) is 43.7 Å². The molecule has 158 valence electrons. The number of esters is 1. The van der Waals surface area contributed by atoms with E-state index >= 15 is 0 Å². The van der Waals surface area contributed by atoms with Crippen LogP contribution in [0.2, 0.25) is 0 Å². The van der Waals surface area contributed by atoms with Crippen LogP contribution >= 0.6 is 0 Å². The lowest BCUT2D eigenvalue weighted by atomic mass is 10.1. The van der Waals surface area contributed by atoms with Crippen LogP contribution in [-0.4, -0.2) is 36.4 Å². The highest BCUT2D eigenvalue weighted by molar-refractivity contribution is 5.69. The number of benzene rings is 2. The summed E-state index contributed by atoms with van der Waals surface area (Å²) in [5.41, 5.74) is 3.94. The molecular formula is C23H32N2O4. The first kappa shape index (κ1) is 22.7. The van der Waals surface area contributed by atoms with Gasteiger partial charge >= 0.3 is 5.97 Å². The Morgan fingerprint density at radius 2 is 1.41 bits per heavy atom. The molecule has 0 unspecified atom stereocenters. The normalized spacial score (nSPS) is 10.8. The van der Waals surface area contributed by atoms with Crippen molar-refractivity contribution in [3.63, 3.8) is 0 Å². The van der Waals surface area contributed by atoms with Crippen molar-refractivity contribution in [2.24, 2.45) is 0 Å². The van der Waals surface area contributed by atoms with E-state index in [0.29, 0.717) is 31.7 Å². The van der Waals surface area contributed by atoms with Crippen molar-refractivity contribution < 1.29 is 19.7 Å². The Labute approximate surface area is 172 Å². The van der Waals surface area contributed by atoms with E-state index in [1.54, 1.807) is 12.1 Å². The number of aryl methyl sites for hydroxylation is 2. The number of carbonyl (C=O) groups is 1. The molecule has 2 rings (SSSR count). The van der Waals surface area contributed by atoms with E-state index in [9.17, 15) is 15.0 Å². The Morgan fingerprint density at radius 3 is 1.90 bits per heavy atom. The fourth-order valence-corrected chi connectivity index (χ4v) is 3.13. The molecular weight excluding hydrogens is 368 g/mol. The quantitative estimate of drug-likeness (QED) is 0.323. The average molecular weight is 401 g/mol. The predicted molar refractivity (Wildman–Crippen MR) is 114 cm³/mol. The molecule has 4 N–H and O–H groups in total. The summed E-state index contributed by atoms with van der Waals surface area (Å²) in [5.74, 6) is 0.319. The highest BCUT2D eigenvalue weighted by Gasteiger charge is 2.06. The van der Waals surface area contributed by atoms with E-state index in [2.05, 4.69) is 28.4 Å². The van der Waals surface area contributed by atoms with Crippen LogP contribution in [-0.2, 0) is 35.5 Å². The van der Waals surface area contributed by atoms with E-state index in [0.717, 1.165) is 42.6 Å². The summed E-state index contributed by atoms with van der Waals surface area (Å²) in [6.45, 7) is 4.75. The summed E-state index contributed by atoms with van der Waals surface area (Å²) in [7, 11) is 1.38. The van der Waals surface area contributed by atoms with Gasteiger partial charge in [0.05, 0.1) is 7.11 Å². The molecule has 0 aliphatic carbocycles. The van der Waals surface area contributed by atoms with Gasteiger partial charge in [-0.1, -0.05) is 37.6 Å². The molecule has 2 aromatic carbocycles. The molecule has 0 aromatic heterocycles. The van der Waals surface area contributed by atoms with Crippen LogP contribution in [0.4, 0.5) is 0 Å². The van der Waals surface area contributed by atoms with Gasteiger partial charge in [0.25, 0.3) is 0 Å². The summed E-state index contributed by atoms with van der Waals surface area (Å²) >= 11 is 0. The third-order valence-electron chi connectivity index (χ3n) is 4.78. The van der Waals surface area contributed by atoms with Crippen molar-refractivity contribution in [1.29, 1.82) is 0 Å². The maximum Gasteiger partial charge on any atom is 0.305 e. The van der Waals surface area contributed by atoms with Gasteiger partial charge in [-0.25, -0.2) is 0 Å². The summed E-state index contributed by atoms with van der Waals surface area (Å²) in [6, 6.07) is 11.2. The minimum absolute atomic E-state index is 0.241. The van der Waals surface area contributed by atoms with Crippen LogP contribution in [0.25, 0.3) is 0 Å². The topological polar surface area (TPSA) is 90.8 Å². The molecule has 0 aliphatic heterocycles. The van der Waals surface area contributed by atoms with E-state index in [4.69, 9.17) is 0 Å². The highest BCUT2D eigenvalue weighted by Crippen LogP contribution is 2.20. The van der Waals surface area contributed by atoms with Crippen LogP contribution in [0.1, 0.15) is 42.0 Å². The molecule has 0 atom stereocenters. The first-order valence-electron chi connectivity index (χ1n) is 10.1. The zero-order valence-electron chi connectivity index (χ0n) is 17.3. The maximum atomic E-state index is 11.3. The van der Waals surface area contributed by atoms with Crippen LogP contribution in [0, 0.1) is 0 Å². The second kappa shape index (κ2) is 12.1. The summed E-state index contributed by atoms with van der Waals surface area (Å²) in [6.07, 6.45) is 3.00. The average Bonchev–Trinajstić information content (AvgIpc) is 2.72. The molecule has 29 heavy (non-hydrogen) atoms. The second-order valence-electron chi connectivity index (χ2n) is 7.11.